The van der Waals surface area contributed by atoms with Crippen molar-refractivity contribution in [1.29, 1.82) is 0 Å². The van der Waals surface area contributed by atoms with Crippen molar-refractivity contribution in [3.05, 3.63) is 36.8 Å². The Bertz CT molecular complexity index is 1140. The number of benzene rings is 1. The highest BCUT2D eigenvalue weighted by molar-refractivity contribution is 7.89. The van der Waals surface area contributed by atoms with Crippen LogP contribution in [0.5, 0.6) is 5.75 Å². The molecular weight excluding hydrogens is 483 g/mol. The minimum Gasteiger partial charge on any atom is -0.406 e. The van der Waals surface area contributed by atoms with Gasteiger partial charge in [-0.3, -0.25) is 0 Å². The third-order valence-electron chi connectivity index (χ3n) is 7.28. The minimum absolute atomic E-state index is 0.00327. The highest BCUT2D eigenvalue weighted by atomic mass is 32.2. The van der Waals surface area contributed by atoms with Gasteiger partial charge < -0.3 is 19.5 Å². The van der Waals surface area contributed by atoms with Gasteiger partial charge >= 0.3 is 6.36 Å². The summed E-state index contributed by atoms with van der Waals surface area (Å²) in [6.07, 6.45) is 2.63. The number of piperidine rings is 1. The maximum absolute atomic E-state index is 13.3. The molecule has 0 radical (unpaired) electrons. The molecule has 1 aromatic carbocycles. The number of hydrogen-bond donors (Lipinski definition) is 1. The predicted octanol–water partition coefficient (Wildman–Crippen LogP) is 3.29. The number of aryl methyl sites for hydroxylation is 1. The van der Waals surface area contributed by atoms with E-state index in [1.807, 2.05) is 0 Å². The first kappa shape index (κ1) is 24.4. The Balaban J connectivity index is 1.35. The molecule has 3 fully saturated rings. The zero-order chi connectivity index (χ0) is 24.8. The van der Waals surface area contributed by atoms with Crippen molar-refractivity contribution in [2.75, 3.05) is 31.5 Å². The number of rotatable bonds is 7. The van der Waals surface area contributed by atoms with Gasteiger partial charge in [-0.05, 0) is 62.7 Å². The van der Waals surface area contributed by atoms with E-state index < -0.39 is 16.4 Å². The van der Waals surface area contributed by atoms with E-state index in [1.165, 1.54) is 47.9 Å². The van der Waals surface area contributed by atoms with Gasteiger partial charge in [-0.15, -0.1) is 13.2 Å². The van der Waals surface area contributed by atoms with Crippen LogP contribution in [0.4, 0.5) is 18.9 Å². The van der Waals surface area contributed by atoms with Crippen molar-refractivity contribution in [2.45, 2.75) is 49.2 Å². The molecule has 2 saturated heterocycles. The lowest BCUT2D eigenvalue weighted by molar-refractivity contribution is -0.274. The first-order chi connectivity index (χ1) is 16.6. The maximum atomic E-state index is 13.3. The number of nitrogens with one attached hydrogen (secondary N) is 1. The smallest absolute Gasteiger partial charge is 0.406 e. The van der Waals surface area contributed by atoms with Crippen LogP contribution in [0.2, 0.25) is 0 Å². The van der Waals surface area contributed by atoms with Gasteiger partial charge in [0, 0.05) is 50.2 Å². The summed E-state index contributed by atoms with van der Waals surface area (Å²) < 4.78 is 71.8. The highest BCUT2D eigenvalue weighted by Gasteiger charge is 2.45. The number of halogens is 3. The Morgan fingerprint density at radius 3 is 2.49 bits per heavy atom. The Morgan fingerprint density at radius 2 is 1.86 bits per heavy atom. The summed E-state index contributed by atoms with van der Waals surface area (Å²) in [5.41, 5.74) is 0.467. The molecule has 0 bridgehead atoms. The highest BCUT2D eigenvalue weighted by Crippen LogP contribution is 2.38. The number of imidazole rings is 1. The summed E-state index contributed by atoms with van der Waals surface area (Å²) >= 11 is 0. The summed E-state index contributed by atoms with van der Waals surface area (Å²) in [6, 6.07) is 6.17. The quantitative estimate of drug-likeness (QED) is 0.612. The molecule has 0 spiro atoms. The second-order valence-electron chi connectivity index (χ2n) is 9.79. The molecule has 3 aliphatic rings. The average molecular weight is 514 g/mol. The van der Waals surface area contributed by atoms with Crippen LogP contribution in [0.15, 0.2) is 41.8 Å². The van der Waals surface area contributed by atoms with Crippen LogP contribution >= 0.6 is 0 Å². The second kappa shape index (κ2) is 9.29. The first-order valence-corrected chi connectivity index (χ1v) is 13.4. The second-order valence-corrected chi connectivity index (χ2v) is 11.7. The molecule has 1 aromatic heterocycles. The third-order valence-corrected chi connectivity index (χ3v) is 9.00. The number of alkyl halides is 3. The Labute approximate surface area is 203 Å². The molecule has 2 aromatic rings. The van der Waals surface area contributed by atoms with Crippen molar-refractivity contribution in [3.63, 3.8) is 0 Å². The number of hydrogen-bond acceptors (Lipinski definition) is 6. The number of aromatic nitrogens is 2. The predicted molar refractivity (Wildman–Crippen MR) is 123 cm³/mol. The van der Waals surface area contributed by atoms with Crippen molar-refractivity contribution in [2.24, 2.45) is 18.9 Å². The molecule has 2 atom stereocenters. The monoisotopic (exact) mass is 513 g/mol. The van der Waals surface area contributed by atoms with E-state index in [-0.39, 0.29) is 29.3 Å². The van der Waals surface area contributed by atoms with Crippen LogP contribution in [0.3, 0.4) is 0 Å². The number of anilines is 1. The zero-order valence-electron chi connectivity index (χ0n) is 19.5. The fraction of sp³-hybridized carbons (Fsp3) is 0.609. The summed E-state index contributed by atoms with van der Waals surface area (Å²) in [7, 11) is -2.07. The molecule has 3 heterocycles. The lowest BCUT2D eigenvalue weighted by atomic mass is 9.81. The van der Waals surface area contributed by atoms with Gasteiger partial charge in [0.25, 0.3) is 10.0 Å². The van der Waals surface area contributed by atoms with Crippen LogP contribution in [-0.2, 0) is 17.1 Å². The standard InChI is InChI=1S/C23H30F3N5O3S/c1-29-14-22(27-15-29)35(32,33)31-12-20(16-7-9-30(10-8-16)18-5-6-18)21(13-31)28-17-3-2-4-19(11-17)34-23(24,25)26/h2-4,11,14-16,18,20-21,28H,5-10,12-13H2,1H3. The van der Waals surface area contributed by atoms with Crippen molar-refractivity contribution >= 4 is 15.7 Å². The van der Waals surface area contributed by atoms with Crippen LogP contribution in [0.25, 0.3) is 0 Å². The molecule has 12 heteroatoms. The minimum atomic E-state index is -4.78. The molecular formula is C23H30F3N5O3S. The van der Waals surface area contributed by atoms with Gasteiger partial charge in [-0.25, -0.2) is 13.4 Å². The van der Waals surface area contributed by atoms with E-state index in [2.05, 4.69) is 19.9 Å². The zero-order valence-corrected chi connectivity index (χ0v) is 20.3. The van der Waals surface area contributed by atoms with Gasteiger partial charge in [0.05, 0.1) is 6.33 Å². The molecule has 0 amide bonds. The molecule has 192 valence electrons. The molecule has 5 rings (SSSR count). The number of sulfonamides is 1. The lowest BCUT2D eigenvalue weighted by Gasteiger charge is -2.37. The van der Waals surface area contributed by atoms with Gasteiger partial charge in [-0.1, -0.05) is 6.07 Å². The summed E-state index contributed by atoms with van der Waals surface area (Å²) in [6.45, 7) is 2.57. The summed E-state index contributed by atoms with van der Waals surface area (Å²) in [5, 5.41) is 3.33. The van der Waals surface area contributed by atoms with Crippen LogP contribution in [0, 0.1) is 11.8 Å². The number of nitrogens with zero attached hydrogens (tertiary/aromatic N) is 4. The van der Waals surface area contributed by atoms with Gasteiger partial charge in [0.2, 0.25) is 0 Å². The topological polar surface area (TPSA) is 79.7 Å². The maximum Gasteiger partial charge on any atom is 0.573 e. The molecule has 2 aliphatic heterocycles. The van der Waals surface area contributed by atoms with E-state index in [0.717, 1.165) is 25.9 Å². The SMILES string of the molecule is Cn1cnc(S(=O)(=O)N2CC(Nc3cccc(OC(F)(F)F)c3)C(C3CCN(C4CC4)CC3)C2)c1. The average Bonchev–Trinajstić information content (AvgIpc) is 3.40. The summed E-state index contributed by atoms with van der Waals surface area (Å²) in [4.78, 5) is 6.57. The normalized spacial score (nSPS) is 25.1. The van der Waals surface area contributed by atoms with Gasteiger partial charge in [-0.2, -0.15) is 4.31 Å². The molecule has 8 nitrogen and oxygen atoms in total. The van der Waals surface area contributed by atoms with E-state index in [9.17, 15) is 21.6 Å². The third kappa shape index (κ3) is 5.59. The molecule has 1 aliphatic carbocycles. The van der Waals surface area contributed by atoms with E-state index >= 15 is 0 Å². The van der Waals surface area contributed by atoms with E-state index in [1.54, 1.807) is 17.7 Å². The first-order valence-electron chi connectivity index (χ1n) is 11.9. The fourth-order valence-electron chi connectivity index (χ4n) is 5.42. The Hall–Kier alpha value is -2.31. The molecule has 1 saturated carbocycles. The Kier molecular flexibility index (Phi) is 6.47. The van der Waals surface area contributed by atoms with E-state index in [4.69, 9.17) is 0 Å². The van der Waals surface area contributed by atoms with E-state index in [0.29, 0.717) is 24.2 Å². The van der Waals surface area contributed by atoms with Gasteiger partial charge in [0.15, 0.2) is 5.03 Å². The van der Waals surface area contributed by atoms with Crippen LogP contribution < -0.4 is 10.1 Å². The Morgan fingerprint density at radius 1 is 1.11 bits per heavy atom. The number of likely N-dealkylation sites (tertiary alicyclic amines) is 1. The molecule has 35 heavy (non-hydrogen) atoms. The fourth-order valence-corrected chi connectivity index (χ4v) is 6.89. The van der Waals surface area contributed by atoms with Gasteiger partial charge in [0.1, 0.15) is 5.75 Å². The molecule has 2 unspecified atom stereocenters. The largest absolute Gasteiger partial charge is 0.573 e. The number of ether oxygens (including phenoxy) is 1. The van der Waals surface area contributed by atoms with Crippen LogP contribution in [-0.4, -0.2) is 71.8 Å². The lowest BCUT2D eigenvalue weighted by Crippen LogP contribution is -2.41. The van der Waals surface area contributed by atoms with Crippen molar-refractivity contribution < 1.29 is 26.3 Å². The van der Waals surface area contributed by atoms with Crippen molar-refractivity contribution in [1.82, 2.24) is 18.8 Å². The van der Waals surface area contributed by atoms with Crippen molar-refractivity contribution in [3.8, 4) is 5.75 Å². The molecule has 1 N–H and O–H groups in total. The summed E-state index contributed by atoms with van der Waals surface area (Å²) in [5.74, 6) is 0.0378. The van der Waals surface area contributed by atoms with Crippen LogP contribution in [0.1, 0.15) is 25.7 Å².